The minimum absolute atomic E-state index is 0.0299. The molecular formula is C33H29O6PS. The van der Waals surface area contributed by atoms with Crippen LogP contribution in [0.3, 0.4) is 0 Å². The number of esters is 1. The Labute approximate surface area is 240 Å². The first-order valence-corrected chi connectivity index (χ1v) is 16.6. The predicted molar refractivity (Wildman–Crippen MR) is 163 cm³/mol. The molecule has 0 saturated heterocycles. The van der Waals surface area contributed by atoms with Crippen LogP contribution >= 0.6 is 6.83 Å². The number of carbonyl (C=O) groups excluding carboxylic acids is 1. The van der Waals surface area contributed by atoms with E-state index >= 15 is 0 Å². The maximum absolute atomic E-state index is 14.6. The molecule has 0 heterocycles. The molecule has 0 unspecified atom stereocenters. The van der Waals surface area contributed by atoms with Crippen molar-refractivity contribution in [1.29, 1.82) is 0 Å². The van der Waals surface area contributed by atoms with E-state index in [1.165, 1.54) is 24.3 Å². The molecule has 0 aromatic heterocycles. The van der Waals surface area contributed by atoms with Gasteiger partial charge in [0.15, 0.2) is 0 Å². The Balaban J connectivity index is 1.88. The molecule has 5 aromatic rings. The maximum atomic E-state index is 14.6. The van der Waals surface area contributed by atoms with Crippen molar-refractivity contribution in [2.24, 2.45) is 0 Å². The molecule has 208 valence electrons. The standard InChI is InChI=1S/C33H29O6PS/c34-24-25-38-33(35)27-14-13-23-32(26-27)41(36,37)39-40(28-15-5-1-6-16-28,29-17-7-2-8-18-29,30-19-9-3-10-20-30)31-21-11-4-12-22-31/h1-23,26,34H,24-25H2. The molecule has 0 saturated carbocycles. The number of hydrogen-bond donors (Lipinski definition) is 1. The number of ether oxygens (including phenoxy) is 1. The molecule has 0 radical (unpaired) electrons. The average Bonchev–Trinajstić information content (AvgIpc) is 3.04. The molecule has 5 aromatic carbocycles. The Bertz CT molecular complexity index is 1560. The second kappa shape index (κ2) is 11.8. The van der Waals surface area contributed by atoms with E-state index in [4.69, 9.17) is 13.8 Å². The molecular weight excluding hydrogens is 555 g/mol. The summed E-state index contributed by atoms with van der Waals surface area (Å²) in [4.78, 5) is 12.4. The van der Waals surface area contributed by atoms with Crippen LogP contribution in [0, 0.1) is 0 Å². The second-order valence-corrected chi connectivity index (χ2v) is 15.4. The van der Waals surface area contributed by atoms with Gasteiger partial charge < -0.3 is 0 Å². The molecule has 5 rings (SSSR count). The molecule has 8 heteroatoms. The van der Waals surface area contributed by atoms with Gasteiger partial charge >= 0.3 is 240 Å². The van der Waals surface area contributed by atoms with Gasteiger partial charge in [-0.3, -0.25) is 0 Å². The fraction of sp³-hybridized carbons (Fsp3) is 0.0606. The van der Waals surface area contributed by atoms with Gasteiger partial charge in [0.25, 0.3) is 0 Å². The molecule has 0 spiro atoms. The summed E-state index contributed by atoms with van der Waals surface area (Å²) >= 11 is 0. The van der Waals surface area contributed by atoms with E-state index < -0.39 is 22.9 Å². The number of aliphatic hydroxyl groups excluding tert-OH is 1. The first kappa shape index (κ1) is 28.4. The summed E-state index contributed by atoms with van der Waals surface area (Å²) in [5, 5.41) is 11.8. The zero-order valence-electron chi connectivity index (χ0n) is 22.1. The van der Waals surface area contributed by atoms with Gasteiger partial charge in [-0.1, -0.05) is 0 Å². The topological polar surface area (TPSA) is 89.9 Å². The van der Waals surface area contributed by atoms with Gasteiger partial charge in [-0.05, 0) is 0 Å². The Morgan fingerprint density at radius 3 is 1.41 bits per heavy atom. The van der Waals surface area contributed by atoms with Gasteiger partial charge in [0.1, 0.15) is 0 Å². The summed E-state index contributed by atoms with van der Waals surface area (Å²) in [6, 6.07) is 43.3. The molecule has 0 atom stereocenters. The summed E-state index contributed by atoms with van der Waals surface area (Å²) in [7, 11) is -4.54. The van der Waals surface area contributed by atoms with Gasteiger partial charge in [-0.2, -0.15) is 0 Å². The Morgan fingerprint density at radius 1 is 0.610 bits per heavy atom. The zero-order chi connectivity index (χ0) is 28.8. The molecule has 0 aliphatic heterocycles. The summed E-state index contributed by atoms with van der Waals surface area (Å²) in [6.07, 6.45) is 0. The number of rotatable bonds is 10. The molecule has 1 N–H and O–H groups in total. The molecule has 0 aliphatic rings. The monoisotopic (exact) mass is 584 g/mol. The molecule has 6 nitrogen and oxygen atoms in total. The van der Waals surface area contributed by atoms with Crippen LogP contribution in [-0.4, -0.2) is 32.7 Å². The molecule has 0 bridgehead atoms. The van der Waals surface area contributed by atoms with Crippen LogP contribution in [-0.2, 0) is 18.8 Å². The van der Waals surface area contributed by atoms with E-state index in [-0.39, 0.29) is 23.7 Å². The third kappa shape index (κ3) is 4.98. The Morgan fingerprint density at radius 2 is 1.02 bits per heavy atom. The molecule has 0 aliphatic carbocycles. The van der Waals surface area contributed by atoms with E-state index in [1.54, 1.807) is 0 Å². The number of benzene rings is 5. The summed E-state index contributed by atoms with van der Waals surface area (Å²) in [5.41, 5.74) is 0.0299. The van der Waals surface area contributed by atoms with Gasteiger partial charge in [-0.15, -0.1) is 0 Å². The van der Waals surface area contributed by atoms with Crippen LogP contribution in [0.1, 0.15) is 10.4 Å². The minimum atomic E-state index is -4.54. The van der Waals surface area contributed by atoms with Crippen LogP contribution < -0.4 is 21.2 Å². The van der Waals surface area contributed by atoms with Crippen LogP contribution in [0.15, 0.2) is 150 Å². The van der Waals surface area contributed by atoms with Crippen molar-refractivity contribution in [2.75, 3.05) is 13.2 Å². The third-order valence-electron chi connectivity index (χ3n) is 6.93. The number of hydrogen-bond acceptors (Lipinski definition) is 6. The first-order valence-electron chi connectivity index (χ1n) is 13.0. The first-order chi connectivity index (χ1) is 19.9. The van der Waals surface area contributed by atoms with Crippen LogP contribution in [0.2, 0.25) is 0 Å². The van der Waals surface area contributed by atoms with Crippen molar-refractivity contribution >= 4 is 44.1 Å². The second-order valence-electron chi connectivity index (χ2n) is 9.29. The van der Waals surface area contributed by atoms with Gasteiger partial charge in [-0.25, -0.2) is 0 Å². The zero-order valence-corrected chi connectivity index (χ0v) is 23.8. The predicted octanol–water partition coefficient (Wildman–Crippen LogP) is 4.31. The average molecular weight is 585 g/mol. The van der Waals surface area contributed by atoms with Crippen molar-refractivity contribution in [1.82, 2.24) is 0 Å². The van der Waals surface area contributed by atoms with E-state index in [0.29, 0.717) is 21.2 Å². The Kier molecular flexibility index (Phi) is 8.15. The summed E-state index contributed by atoms with van der Waals surface area (Å²) in [5.74, 6) is -0.745. The Hall–Kier alpha value is -4.13. The van der Waals surface area contributed by atoms with Crippen molar-refractivity contribution in [3.63, 3.8) is 0 Å². The van der Waals surface area contributed by atoms with E-state index in [9.17, 15) is 13.2 Å². The third-order valence-corrected chi connectivity index (χ3v) is 14.9. The van der Waals surface area contributed by atoms with Crippen LogP contribution in [0.5, 0.6) is 0 Å². The van der Waals surface area contributed by atoms with Gasteiger partial charge in [0.05, 0.1) is 0 Å². The molecule has 0 amide bonds. The SMILES string of the molecule is O=C(OCCO)c1cccc(S(=O)(=O)OP(c2ccccc2)(c2ccccc2)(c2ccccc2)c2ccccc2)c1. The van der Waals surface area contributed by atoms with Crippen LogP contribution in [0.25, 0.3) is 0 Å². The number of carbonyl (C=O) groups is 1. The normalized spacial score (nSPS) is 12.7. The quantitative estimate of drug-likeness (QED) is 0.194. The van der Waals surface area contributed by atoms with Gasteiger partial charge in [0, 0.05) is 0 Å². The van der Waals surface area contributed by atoms with E-state index in [2.05, 4.69) is 0 Å². The fourth-order valence-electron chi connectivity index (χ4n) is 5.16. The van der Waals surface area contributed by atoms with E-state index in [1.807, 2.05) is 121 Å². The van der Waals surface area contributed by atoms with E-state index in [0.717, 1.165) is 0 Å². The molecule has 41 heavy (non-hydrogen) atoms. The summed E-state index contributed by atoms with van der Waals surface area (Å²) in [6.45, 7) is -5.06. The fourth-order valence-corrected chi connectivity index (χ4v) is 13.7. The summed E-state index contributed by atoms with van der Waals surface area (Å²) < 4.78 is 41.0. The van der Waals surface area contributed by atoms with Gasteiger partial charge in [0.2, 0.25) is 0 Å². The van der Waals surface area contributed by atoms with Crippen LogP contribution in [0.4, 0.5) is 0 Å². The van der Waals surface area contributed by atoms with Crippen molar-refractivity contribution < 1.29 is 27.0 Å². The number of aliphatic hydroxyl groups is 1. The van der Waals surface area contributed by atoms with Crippen molar-refractivity contribution in [3.05, 3.63) is 151 Å². The molecule has 0 fully saturated rings. The van der Waals surface area contributed by atoms with Crippen molar-refractivity contribution in [3.8, 4) is 0 Å². The van der Waals surface area contributed by atoms with Crippen molar-refractivity contribution in [2.45, 2.75) is 4.90 Å².